The summed E-state index contributed by atoms with van der Waals surface area (Å²) in [5.41, 5.74) is 1.05. The molecule has 30 heavy (non-hydrogen) atoms. The van der Waals surface area contributed by atoms with Crippen molar-refractivity contribution in [2.24, 2.45) is 0 Å². The summed E-state index contributed by atoms with van der Waals surface area (Å²) in [6.45, 7) is 8.99. The predicted octanol–water partition coefficient (Wildman–Crippen LogP) is 2.80. The lowest BCUT2D eigenvalue weighted by atomic mass is 10.2. The highest BCUT2D eigenvalue weighted by Crippen LogP contribution is 2.32. The molecule has 8 nitrogen and oxygen atoms in total. The second-order valence-corrected chi connectivity index (χ2v) is 6.80. The van der Waals surface area contributed by atoms with E-state index in [-0.39, 0.29) is 18.4 Å². The molecule has 160 valence electrons. The van der Waals surface area contributed by atoms with E-state index in [1.54, 1.807) is 30.5 Å². The lowest BCUT2D eigenvalue weighted by Crippen LogP contribution is -2.38. The molecule has 1 aromatic heterocycles. The first-order chi connectivity index (χ1) is 14.5. The van der Waals surface area contributed by atoms with Crippen molar-refractivity contribution in [2.75, 3.05) is 49.6 Å². The van der Waals surface area contributed by atoms with Gasteiger partial charge in [-0.3, -0.25) is 9.59 Å². The van der Waals surface area contributed by atoms with Crippen molar-refractivity contribution in [3.05, 3.63) is 42.1 Å². The van der Waals surface area contributed by atoms with Gasteiger partial charge in [-0.15, -0.1) is 0 Å². The van der Waals surface area contributed by atoms with Crippen LogP contribution < -0.4 is 19.7 Å². The average molecular weight is 412 g/mol. The van der Waals surface area contributed by atoms with Crippen molar-refractivity contribution in [1.82, 2.24) is 9.88 Å². The predicted molar refractivity (Wildman–Crippen MR) is 115 cm³/mol. The molecule has 8 heteroatoms. The summed E-state index contributed by atoms with van der Waals surface area (Å²) in [6.07, 6.45) is 1.57. The Morgan fingerprint density at radius 2 is 1.73 bits per heavy atom. The van der Waals surface area contributed by atoms with Crippen molar-refractivity contribution < 1.29 is 19.1 Å². The van der Waals surface area contributed by atoms with Crippen molar-refractivity contribution in [3.8, 4) is 11.5 Å². The maximum atomic E-state index is 12.8. The third-order valence-corrected chi connectivity index (χ3v) is 4.91. The summed E-state index contributed by atoms with van der Waals surface area (Å²) in [4.78, 5) is 33.3. The Bertz CT molecular complexity index is 881. The monoisotopic (exact) mass is 412 g/mol. The number of carbonyl (C=O) groups excluding carboxylic acids is 2. The molecule has 1 aromatic carbocycles. The van der Waals surface area contributed by atoms with E-state index in [1.807, 2.05) is 13.0 Å². The molecule has 0 atom stereocenters. The van der Waals surface area contributed by atoms with Gasteiger partial charge in [0.2, 0.25) is 5.91 Å². The highest BCUT2D eigenvalue weighted by molar-refractivity contribution is 5.99. The number of anilines is 2. The van der Waals surface area contributed by atoms with Gasteiger partial charge in [0, 0.05) is 37.6 Å². The number of fused-ring (bicyclic) bond motifs is 1. The van der Waals surface area contributed by atoms with Crippen LogP contribution in [0.5, 0.6) is 11.5 Å². The molecule has 3 rings (SSSR count). The van der Waals surface area contributed by atoms with Gasteiger partial charge < -0.3 is 24.6 Å². The SMILES string of the molecule is CCN(CC(=O)Nc1ccc2c(c1)OCCO2)C(=O)c1ccc(N(CC)CC)nc1. The number of carbonyl (C=O) groups is 2. The summed E-state index contributed by atoms with van der Waals surface area (Å²) < 4.78 is 11.0. The van der Waals surface area contributed by atoms with Crippen LogP contribution in [-0.4, -0.2) is 61.1 Å². The van der Waals surface area contributed by atoms with Crippen molar-refractivity contribution >= 4 is 23.3 Å². The Balaban J connectivity index is 1.62. The highest BCUT2D eigenvalue weighted by Gasteiger charge is 2.19. The summed E-state index contributed by atoms with van der Waals surface area (Å²) in [7, 11) is 0. The van der Waals surface area contributed by atoms with Crippen LogP contribution in [0.1, 0.15) is 31.1 Å². The zero-order valence-corrected chi connectivity index (χ0v) is 17.7. The van der Waals surface area contributed by atoms with Gasteiger partial charge in [0.1, 0.15) is 25.6 Å². The number of amides is 2. The molecule has 2 amide bonds. The minimum Gasteiger partial charge on any atom is -0.486 e. The van der Waals surface area contributed by atoms with Crippen LogP contribution in [0.15, 0.2) is 36.5 Å². The summed E-state index contributed by atoms with van der Waals surface area (Å²) in [6, 6.07) is 8.82. The Hall–Kier alpha value is -3.29. The maximum Gasteiger partial charge on any atom is 0.255 e. The topological polar surface area (TPSA) is 84.0 Å². The average Bonchev–Trinajstić information content (AvgIpc) is 2.78. The molecule has 0 radical (unpaired) electrons. The van der Waals surface area contributed by atoms with Gasteiger partial charge in [-0.1, -0.05) is 0 Å². The lowest BCUT2D eigenvalue weighted by Gasteiger charge is -2.22. The number of hydrogen-bond acceptors (Lipinski definition) is 6. The number of likely N-dealkylation sites (N-methyl/N-ethyl adjacent to an activating group) is 1. The Labute approximate surface area is 176 Å². The summed E-state index contributed by atoms with van der Waals surface area (Å²) in [5, 5.41) is 2.81. The van der Waals surface area contributed by atoms with Gasteiger partial charge in [-0.25, -0.2) is 4.98 Å². The molecule has 2 aromatic rings. The zero-order chi connectivity index (χ0) is 21.5. The van der Waals surface area contributed by atoms with Gasteiger partial charge in [-0.2, -0.15) is 0 Å². The van der Waals surface area contributed by atoms with Crippen LogP contribution in [0.25, 0.3) is 0 Å². The molecule has 1 aliphatic heterocycles. The molecular weight excluding hydrogens is 384 g/mol. The summed E-state index contributed by atoms with van der Waals surface area (Å²) in [5.74, 6) is 1.58. The molecule has 0 saturated carbocycles. The van der Waals surface area contributed by atoms with Crippen LogP contribution >= 0.6 is 0 Å². The smallest absolute Gasteiger partial charge is 0.255 e. The highest BCUT2D eigenvalue weighted by atomic mass is 16.6. The van der Waals surface area contributed by atoms with Gasteiger partial charge in [0.15, 0.2) is 11.5 Å². The van der Waals surface area contributed by atoms with E-state index in [0.29, 0.717) is 42.5 Å². The van der Waals surface area contributed by atoms with Crippen LogP contribution in [-0.2, 0) is 4.79 Å². The number of pyridine rings is 1. The summed E-state index contributed by atoms with van der Waals surface area (Å²) >= 11 is 0. The molecule has 0 unspecified atom stereocenters. The molecule has 0 bridgehead atoms. The van der Waals surface area contributed by atoms with Gasteiger partial charge in [-0.05, 0) is 45.0 Å². The number of nitrogens with zero attached hydrogens (tertiary/aromatic N) is 3. The lowest BCUT2D eigenvalue weighted by molar-refractivity contribution is -0.116. The van der Waals surface area contributed by atoms with E-state index in [4.69, 9.17) is 9.47 Å². The molecule has 0 spiro atoms. The van der Waals surface area contributed by atoms with Crippen molar-refractivity contribution in [1.29, 1.82) is 0 Å². The standard InChI is InChI=1S/C22H28N4O4/c1-4-25(5-2)20-10-7-16(14-23-20)22(28)26(6-3)15-21(27)24-17-8-9-18-19(13-17)30-12-11-29-18/h7-10,13-14H,4-6,11-12,15H2,1-3H3,(H,24,27). The first-order valence-corrected chi connectivity index (χ1v) is 10.3. The fourth-order valence-corrected chi connectivity index (χ4v) is 3.25. The molecular formula is C22H28N4O4. The Morgan fingerprint density at radius 1 is 1.00 bits per heavy atom. The van der Waals surface area contributed by atoms with Crippen LogP contribution in [0.3, 0.4) is 0 Å². The van der Waals surface area contributed by atoms with Crippen LogP contribution in [0, 0.1) is 0 Å². The third-order valence-electron chi connectivity index (χ3n) is 4.91. The number of hydrogen-bond donors (Lipinski definition) is 1. The maximum absolute atomic E-state index is 12.8. The van der Waals surface area contributed by atoms with Crippen LogP contribution in [0.4, 0.5) is 11.5 Å². The third kappa shape index (κ3) is 5.00. The molecule has 2 heterocycles. The van der Waals surface area contributed by atoms with Crippen molar-refractivity contribution in [2.45, 2.75) is 20.8 Å². The molecule has 0 fully saturated rings. The zero-order valence-electron chi connectivity index (χ0n) is 17.7. The molecule has 1 N–H and O–H groups in total. The van der Waals surface area contributed by atoms with E-state index in [9.17, 15) is 9.59 Å². The Morgan fingerprint density at radius 3 is 2.37 bits per heavy atom. The number of nitrogens with one attached hydrogen (secondary N) is 1. The minimum atomic E-state index is -0.283. The fourth-order valence-electron chi connectivity index (χ4n) is 3.25. The first kappa shape index (κ1) is 21.4. The fraction of sp³-hybridized carbons (Fsp3) is 0.409. The molecule has 0 aliphatic carbocycles. The van der Waals surface area contributed by atoms with E-state index < -0.39 is 0 Å². The normalized spacial score (nSPS) is 12.2. The molecule has 0 saturated heterocycles. The second kappa shape index (κ2) is 9.96. The number of aromatic nitrogens is 1. The van der Waals surface area contributed by atoms with Gasteiger partial charge in [0.25, 0.3) is 5.91 Å². The van der Waals surface area contributed by atoms with Gasteiger partial charge in [0.05, 0.1) is 5.56 Å². The van der Waals surface area contributed by atoms with E-state index >= 15 is 0 Å². The van der Waals surface area contributed by atoms with E-state index in [2.05, 4.69) is 29.0 Å². The number of benzene rings is 1. The van der Waals surface area contributed by atoms with E-state index in [1.165, 1.54) is 4.90 Å². The number of rotatable bonds is 8. The molecule has 1 aliphatic rings. The minimum absolute atomic E-state index is 0.0540. The Kier molecular flexibility index (Phi) is 7.11. The largest absolute Gasteiger partial charge is 0.486 e. The second-order valence-electron chi connectivity index (χ2n) is 6.80. The van der Waals surface area contributed by atoms with Gasteiger partial charge >= 0.3 is 0 Å². The van der Waals surface area contributed by atoms with E-state index in [0.717, 1.165) is 18.9 Å². The quantitative estimate of drug-likeness (QED) is 0.718. The van der Waals surface area contributed by atoms with Crippen molar-refractivity contribution in [3.63, 3.8) is 0 Å². The van der Waals surface area contributed by atoms with Crippen LogP contribution in [0.2, 0.25) is 0 Å². The first-order valence-electron chi connectivity index (χ1n) is 10.3. The number of ether oxygens (including phenoxy) is 2.